The number of carbonyl (C=O) groups is 3. The van der Waals surface area contributed by atoms with E-state index in [1.807, 2.05) is 0 Å². The second-order valence-corrected chi connectivity index (χ2v) is 7.68. The summed E-state index contributed by atoms with van der Waals surface area (Å²) in [5, 5.41) is 2.19. The van der Waals surface area contributed by atoms with E-state index in [0.717, 1.165) is 12.9 Å². The number of urea groups is 1. The predicted octanol–water partition coefficient (Wildman–Crippen LogP) is 3.66. The number of methoxy groups -OCH3 is 1. The van der Waals surface area contributed by atoms with Gasteiger partial charge >= 0.3 is 6.03 Å². The van der Waals surface area contributed by atoms with Crippen molar-refractivity contribution in [3.8, 4) is 5.75 Å². The number of ether oxygens (including phenoxy) is 1. The van der Waals surface area contributed by atoms with Gasteiger partial charge in [-0.2, -0.15) is 0 Å². The molecule has 1 atom stereocenters. The lowest BCUT2D eigenvalue weighted by molar-refractivity contribution is -0.131. The number of carbonyl (C=O) groups excluding carboxylic acids is 3. The van der Waals surface area contributed by atoms with Gasteiger partial charge in [0, 0.05) is 14.3 Å². The highest BCUT2D eigenvalue weighted by Gasteiger charge is 2.40. The van der Waals surface area contributed by atoms with Crippen LogP contribution in [0.3, 0.4) is 0 Å². The van der Waals surface area contributed by atoms with Crippen LogP contribution < -0.4 is 15.0 Å². The van der Waals surface area contributed by atoms with E-state index in [9.17, 15) is 14.4 Å². The van der Waals surface area contributed by atoms with E-state index in [2.05, 4.69) is 48.8 Å². The quantitative estimate of drug-likeness (QED) is 0.363. The van der Waals surface area contributed by atoms with Crippen molar-refractivity contribution in [2.75, 3.05) is 12.0 Å². The van der Waals surface area contributed by atoms with E-state index in [1.165, 1.54) is 13.3 Å². The molecule has 0 spiro atoms. The van der Waals surface area contributed by atoms with Crippen LogP contribution in [0.4, 0.5) is 16.2 Å². The highest BCUT2D eigenvalue weighted by atomic mass is 127. The SMILES string of the molecule is COc1ccc(Br)cc1N=C[C@@H]1C(=O)NC(=O)N(c2ccc(I)cc2)C1=O. The van der Waals surface area contributed by atoms with Crippen molar-refractivity contribution in [3.05, 3.63) is 50.5 Å². The third-order valence-corrected chi connectivity index (χ3v) is 5.00. The first kappa shape index (κ1) is 19.5. The second kappa shape index (κ2) is 8.17. The number of hydrogen-bond acceptors (Lipinski definition) is 5. The summed E-state index contributed by atoms with van der Waals surface area (Å²) in [4.78, 5) is 42.3. The van der Waals surface area contributed by atoms with Gasteiger partial charge in [0.05, 0.1) is 12.8 Å². The minimum atomic E-state index is -1.23. The molecule has 1 fully saturated rings. The molecule has 0 aromatic heterocycles. The smallest absolute Gasteiger partial charge is 0.335 e. The Hall–Kier alpha value is -2.27. The molecule has 7 nitrogen and oxygen atoms in total. The molecule has 2 aromatic carbocycles. The summed E-state index contributed by atoms with van der Waals surface area (Å²) in [5.41, 5.74) is 0.828. The second-order valence-electron chi connectivity index (χ2n) is 5.52. The number of hydrogen-bond donors (Lipinski definition) is 1. The third kappa shape index (κ3) is 4.19. The molecule has 0 saturated carbocycles. The lowest BCUT2D eigenvalue weighted by Gasteiger charge is -2.28. The monoisotopic (exact) mass is 541 g/mol. The van der Waals surface area contributed by atoms with E-state index < -0.39 is 23.8 Å². The van der Waals surface area contributed by atoms with Crippen LogP contribution in [0.15, 0.2) is 51.9 Å². The molecule has 1 aliphatic heterocycles. The van der Waals surface area contributed by atoms with Crippen molar-refractivity contribution < 1.29 is 19.1 Å². The Morgan fingerprint density at radius 1 is 1.19 bits per heavy atom. The molecule has 0 bridgehead atoms. The molecule has 0 radical (unpaired) electrons. The van der Waals surface area contributed by atoms with Gasteiger partial charge in [0.1, 0.15) is 11.4 Å². The molecule has 9 heteroatoms. The summed E-state index contributed by atoms with van der Waals surface area (Å²) in [5.74, 6) is -2.12. The Kier molecular flexibility index (Phi) is 5.90. The maximum atomic E-state index is 12.8. The Morgan fingerprint density at radius 2 is 1.89 bits per heavy atom. The molecule has 1 saturated heterocycles. The van der Waals surface area contributed by atoms with Crippen molar-refractivity contribution in [2.24, 2.45) is 10.9 Å². The highest BCUT2D eigenvalue weighted by molar-refractivity contribution is 14.1. The maximum Gasteiger partial charge on any atom is 0.335 e. The maximum absolute atomic E-state index is 12.8. The standard InChI is InChI=1S/C18H13BrIN3O4/c1-27-15-7-2-10(19)8-14(15)21-9-13-16(24)22-18(26)23(17(13)25)12-5-3-11(20)4-6-12/h2-9,13H,1H3,(H,22,24,26)/t13-/m1/s1. The molecule has 3 rings (SSSR count). The minimum Gasteiger partial charge on any atom is -0.494 e. The van der Waals surface area contributed by atoms with Gasteiger partial charge in [-0.25, -0.2) is 9.69 Å². The normalized spacial score (nSPS) is 17.4. The van der Waals surface area contributed by atoms with Gasteiger partial charge < -0.3 is 4.74 Å². The Bertz CT molecular complexity index is 946. The fourth-order valence-electron chi connectivity index (χ4n) is 2.48. The van der Waals surface area contributed by atoms with Gasteiger partial charge in [0.15, 0.2) is 5.92 Å². The topological polar surface area (TPSA) is 88.1 Å². The molecule has 1 heterocycles. The van der Waals surface area contributed by atoms with E-state index in [1.54, 1.807) is 42.5 Å². The van der Waals surface area contributed by atoms with Crippen molar-refractivity contribution in [3.63, 3.8) is 0 Å². The minimum absolute atomic E-state index is 0.379. The average molecular weight is 542 g/mol. The van der Waals surface area contributed by atoms with Crippen LogP contribution in [0.25, 0.3) is 0 Å². The number of barbiturate groups is 1. The van der Waals surface area contributed by atoms with Crippen LogP contribution in [0.5, 0.6) is 5.75 Å². The highest BCUT2D eigenvalue weighted by Crippen LogP contribution is 2.31. The van der Waals surface area contributed by atoms with Gasteiger partial charge in [0.25, 0.3) is 5.91 Å². The van der Waals surface area contributed by atoms with Gasteiger partial charge in [0.2, 0.25) is 5.91 Å². The van der Waals surface area contributed by atoms with Gasteiger partial charge in [-0.1, -0.05) is 15.9 Å². The van der Waals surface area contributed by atoms with Crippen molar-refractivity contribution in [1.29, 1.82) is 0 Å². The van der Waals surface area contributed by atoms with Crippen molar-refractivity contribution >= 4 is 74.0 Å². The zero-order chi connectivity index (χ0) is 19.6. The summed E-state index contributed by atoms with van der Waals surface area (Å²) in [6.45, 7) is 0. The number of halogens is 2. The fraction of sp³-hybridized carbons (Fsp3) is 0.111. The Balaban J connectivity index is 1.92. The zero-order valence-corrected chi connectivity index (χ0v) is 17.7. The number of benzene rings is 2. The van der Waals surface area contributed by atoms with Crippen LogP contribution in [0, 0.1) is 9.49 Å². The van der Waals surface area contributed by atoms with E-state index >= 15 is 0 Å². The lowest BCUT2D eigenvalue weighted by atomic mass is 10.1. The van der Waals surface area contributed by atoms with Crippen LogP contribution >= 0.6 is 38.5 Å². The molecule has 1 N–H and O–H groups in total. The third-order valence-electron chi connectivity index (χ3n) is 3.79. The summed E-state index contributed by atoms with van der Waals surface area (Å²) < 4.78 is 6.95. The summed E-state index contributed by atoms with van der Waals surface area (Å²) >= 11 is 5.46. The average Bonchev–Trinajstić information content (AvgIpc) is 2.63. The number of anilines is 1. The van der Waals surface area contributed by atoms with Crippen LogP contribution in [-0.2, 0) is 9.59 Å². The molecular formula is C18H13BrIN3O4. The zero-order valence-electron chi connectivity index (χ0n) is 14.0. The lowest BCUT2D eigenvalue weighted by Crippen LogP contribution is -2.58. The molecule has 1 aliphatic rings. The predicted molar refractivity (Wildman–Crippen MR) is 113 cm³/mol. The first-order chi connectivity index (χ1) is 12.9. The summed E-state index contributed by atoms with van der Waals surface area (Å²) in [7, 11) is 1.50. The number of aliphatic imine (C=N–C) groups is 1. The van der Waals surface area contributed by atoms with Crippen LogP contribution in [0.1, 0.15) is 0 Å². The molecule has 2 aromatic rings. The molecular weight excluding hydrogens is 529 g/mol. The van der Waals surface area contributed by atoms with Gasteiger partial charge in [-0.05, 0) is 65.1 Å². The fourth-order valence-corrected chi connectivity index (χ4v) is 3.18. The molecule has 138 valence electrons. The van der Waals surface area contributed by atoms with Crippen molar-refractivity contribution in [2.45, 2.75) is 0 Å². The molecule has 0 unspecified atom stereocenters. The number of rotatable bonds is 4. The molecule has 0 aliphatic carbocycles. The number of nitrogens with one attached hydrogen (secondary N) is 1. The summed E-state index contributed by atoms with van der Waals surface area (Å²) in [6.07, 6.45) is 1.22. The van der Waals surface area contributed by atoms with Gasteiger partial charge in [-0.15, -0.1) is 0 Å². The molecule has 4 amide bonds. The Labute approximate surface area is 177 Å². The van der Waals surface area contributed by atoms with Crippen molar-refractivity contribution in [1.82, 2.24) is 5.32 Å². The number of imide groups is 2. The number of nitrogens with zero attached hydrogens (tertiary/aromatic N) is 2. The summed E-state index contributed by atoms with van der Waals surface area (Å²) in [6, 6.07) is 11.2. The number of amides is 4. The van der Waals surface area contributed by atoms with Crippen LogP contribution in [0.2, 0.25) is 0 Å². The van der Waals surface area contributed by atoms with E-state index in [-0.39, 0.29) is 0 Å². The van der Waals surface area contributed by atoms with E-state index in [4.69, 9.17) is 4.74 Å². The Morgan fingerprint density at radius 3 is 2.56 bits per heavy atom. The van der Waals surface area contributed by atoms with E-state index in [0.29, 0.717) is 17.1 Å². The molecule has 27 heavy (non-hydrogen) atoms. The largest absolute Gasteiger partial charge is 0.494 e. The first-order valence-corrected chi connectivity index (χ1v) is 9.60. The van der Waals surface area contributed by atoms with Gasteiger partial charge in [-0.3, -0.25) is 19.9 Å². The first-order valence-electron chi connectivity index (χ1n) is 7.73. The van der Waals surface area contributed by atoms with Crippen LogP contribution in [-0.4, -0.2) is 31.2 Å².